The fourth-order valence-corrected chi connectivity index (χ4v) is 3.20. The van der Waals surface area contributed by atoms with Crippen LogP contribution in [0, 0.1) is 5.92 Å². The molecule has 1 unspecified atom stereocenters. The minimum Gasteiger partial charge on any atom is -0.380 e. The maximum absolute atomic E-state index is 13.3. The zero-order chi connectivity index (χ0) is 18.6. The summed E-state index contributed by atoms with van der Waals surface area (Å²) < 4.78 is 0. The Morgan fingerprint density at radius 3 is 2.36 bits per heavy atom. The molecule has 0 saturated carbocycles. The molecule has 0 bridgehead atoms. The van der Waals surface area contributed by atoms with Gasteiger partial charge in [0, 0.05) is 27.7 Å². The highest BCUT2D eigenvalue weighted by molar-refractivity contribution is 6.31. The van der Waals surface area contributed by atoms with Gasteiger partial charge in [-0.25, -0.2) is 0 Å². The molecule has 0 aliphatic rings. The third-order valence-electron chi connectivity index (χ3n) is 3.98. The molecule has 134 valence electrons. The first-order chi connectivity index (χ1) is 11.7. The highest BCUT2D eigenvalue weighted by Crippen LogP contribution is 2.34. The molecule has 0 radical (unpaired) electrons. The van der Waals surface area contributed by atoms with Crippen LogP contribution in [0.3, 0.4) is 0 Å². The number of Topliss-reactive ketones (excluding diaryl/α,β-unsaturated/α-hetero) is 1. The summed E-state index contributed by atoms with van der Waals surface area (Å²) in [6, 6.07) is 15.4. The van der Waals surface area contributed by atoms with Crippen molar-refractivity contribution in [2.45, 2.75) is 52.5 Å². The third-order valence-corrected chi connectivity index (χ3v) is 4.21. The fourth-order valence-electron chi connectivity index (χ4n) is 3.01. The van der Waals surface area contributed by atoms with Crippen molar-refractivity contribution in [3.63, 3.8) is 0 Å². The molecule has 2 rings (SSSR count). The summed E-state index contributed by atoms with van der Waals surface area (Å²) in [7, 11) is 0. The molecule has 0 spiro atoms. The van der Waals surface area contributed by atoms with Crippen molar-refractivity contribution in [3.8, 4) is 0 Å². The van der Waals surface area contributed by atoms with Gasteiger partial charge in [0.1, 0.15) is 0 Å². The summed E-state index contributed by atoms with van der Waals surface area (Å²) in [4.78, 5) is 13.3. The second kappa shape index (κ2) is 8.05. The largest absolute Gasteiger partial charge is 0.380 e. The van der Waals surface area contributed by atoms with Crippen LogP contribution in [-0.4, -0.2) is 11.3 Å². The topological polar surface area (TPSA) is 29.1 Å². The Morgan fingerprint density at radius 1 is 1.08 bits per heavy atom. The summed E-state index contributed by atoms with van der Waals surface area (Å²) in [5, 5.41) is 4.14. The van der Waals surface area contributed by atoms with Crippen molar-refractivity contribution in [1.29, 1.82) is 0 Å². The highest BCUT2D eigenvalue weighted by atomic mass is 35.5. The Labute approximate surface area is 156 Å². The molecular weight excluding hydrogens is 330 g/mol. The molecule has 2 aromatic carbocycles. The summed E-state index contributed by atoms with van der Waals surface area (Å²) >= 11 is 6.10. The lowest BCUT2D eigenvalue weighted by Gasteiger charge is -2.27. The van der Waals surface area contributed by atoms with Crippen LogP contribution in [0.4, 0.5) is 5.69 Å². The Bertz CT molecular complexity index is 731. The van der Waals surface area contributed by atoms with Gasteiger partial charge in [0.25, 0.3) is 0 Å². The minimum absolute atomic E-state index is 0.0718. The number of hydrogen-bond acceptors (Lipinski definition) is 2. The quantitative estimate of drug-likeness (QED) is 0.593. The Balaban J connectivity index is 2.46. The van der Waals surface area contributed by atoms with Crippen LogP contribution in [0.15, 0.2) is 48.5 Å². The van der Waals surface area contributed by atoms with Gasteiger partial charge in [0.2, 0.25) is 0 Å². The number of ketones is 1. The van der Waals surface area contributed by atoms with Crippen molar-refractivity contribution in [2.75, 3.05) is 5.32 Å². The zero-order valence-electron chi connectivity index (χ0n) is 15.8. The van der Waals surface area contributed by atoms with Gasteiger partial charge < -0.3 is 5.32 Å². The Morgan fingerprint density at radius 2 is 1.76 bits per heavy atom. The minimum atomic E-state index is -0.190. The molecule has 2 aromatic rings. The van der Waals surface area contributed by atoms with Gasteiger partial charge in [0.05, 0.1) is 0 Å². The molecule has 0 saturated heterocycles. The molecular formula is C22H28ClNO. The standard InChI is InChI=1S/C22H28ClNO/c1-15(2)13-19(21(25)16-9-8-10-17(23)14-16)18-11-6-7-12-20(18)24-22(3,4)5/h6-12,14-15,19,24H,13H2,1-5H3. The molecule has 25 heavy (non-hydrogen) atoms. The van der Waals surface area contributed by atoms with Crippen LogP contribution in [-0.2, 0) is 0 Å². The van der Waals surface area contributed by atoms with E-state index in [1.807, 2.05) is 24.3 Å². The van der Waals surface area contributed by atoms with E-state index in [2.05, 4.69) is 52.1 Å². The van der Waals surface area contributed by atoms with Crippen molar-refractivity contribution < 1.29 is 4.79 Å². The molecule has 0 aliphatic carbocycles. The highest BCUT2D eigenvalue weighted by Gasteiger charge is 2.26. The summed E-state index contributed by atoms with van der Waals surface area (Å²) in [5.74, 6) is 0.347. The molecule has 2 nitrogen and oxygen atoms in total. The lowest BCUT2D eigenvalue weighted by atomic mass is 9.83. The van der Waals surface area contributed by atoms with E-state index in [9.17, 15) is 4.79 Å². The molecule has 1 atom stereocenters. The van der Waals surface area contributed by atoms with Crippen molar-refractivity contribution in [2.24, 2.45) is 5.92 Å². The number of nitrogens with one attached hydrogen (secondary N) is 1. The number of halogens is 1. The van der Waals surface area contributed by atoms with Gasteiger partial charge in [-0.05, 0) is 56.9 Å². The second-order valence-corrected chi connectivity index (χ2v) is 8.46. The second-order valence-electron chi connectivity index (χ2n) is 8.02. The first kappa shape index (κ1) is 19.5. The Kier molecular flexibility index (Phi) is 6.29. The van der Waals surface area contributed by atoms with Crippen LogP contribution >= 0.6 is 11.6 Å². The van der Waals surface area contributed by atoms with Crippen molar-refractivity contribution >= 4 is 23.1 Å². The lowest BCUT2D eigenvalue weighted by molar-refractivity contribution is 0.0949. The molecule has 0 aliphatic heterocycles. The third kappa shape index (κ3) is 5.61. The average molecular weight is 358 g/mol. The molecule has 0 amide bonds. The zero-order valence-corrected chi connectivity index (χ0v) is 16.5. The number of carbonyl (C=O) groups excluding carboxylic acids is 1. The maximum Gasteiger partial charge on any atom is 0.170 e. The van der Waals surface area contributed by atoms with Crippen LogP contribution in [0.25, 0.3) is 0 Å². The first-order valence-electron chi connectivity index (χ1n) is 8.84. The number of rotatable bonds is 6. The van der Waals surface area contributed by atoms with E-state index in [-0.39, 0.29) is 17.2 Å². The van der Waals surface area contributed by atoms with Crippen molar-refractivity contribution in [3.05, 3.63) is 64.7 Å². The van der Waals surface area contributed by atoms with Gasteiger partial charge in [-0.3, -0.25) is 4.79 Å². The van der Waals surface area contributed by atoms with E-state index >= 15 is 0 Å². The maximum atomic E-state index is 13.3. The van der Waals surface area contributed by atoms with Gasteiger partial charge in [0.15, 0.2) is 5.78 Å². The van der Waals surface area contributed by atoms with Crippen LogP contribution in [0.1, 0.15) is 62.9 Å². The van der Waals surface area contributed by atoms with E-state index in [1.54, 1.807) is 12.1 Å². The normalized spacial score (nSPS) is 12.9. The number of carbonyl (C=O) groups is 1. The van der Waals surface area contributed by atoms with E-state index in [4.69, 9.17) is 11.6 Å². The van der Waals surface area contributed by atoms with E-state index in [1.165, 1.54) is 0 Å². The SMILES string of the molecule is CC(C)CC(C(=O)c1cccc(Cl)c1)c1ccccc1NC(C)(C)C. The number of benzene rings is 2. The van der Waals surface area contributed by atoms with Crippen LogP contribution < -0.4 is 5.32 Å². The summed E-state index contributed by atoms with van der Waals surface area (Å²) in [6.45, 7) is 10.7. The van der Waals surface area contributed by atoms with Crippen LogP contribution in [0.2, 0.25) is 5.02 Å². The predicted octanol–water partition coefficient (Wildman–Crippen LogP) is 6.56. The molecule has 0 heterocycles. The van der Waals surface area contributed by atoms with E-state index < -0.39 is 0 Å². The lowest BCUT2D eigenvalue weighted by Crippen LogP contribution is -2.28. The van der Waals surface area contributed by atoms with Gasteiger partial charge in [-0.1, -0.05) is 55.8 Å². The number of hydrogen-bond donors (Lipinski definition) is 1. The molecule has 1 N–H and O–H groups in total. The Hall–Kier alpha value is -1.80. The van der Waals surface area contributed by atoms with Crippen LogP contribution in [0.5, 0.6) is 0 Å². The van der Waals surface area contributed by atoms with E-state index in [0.29, 0.717) is 16.5 Å². The monoisotopic (exact) mass is 357 g/mol. The van der Waals surface area contributed by atoms with Gasteiger partial charge >= 0.3 is 0 Å². The number of anilines is 1. The average Bonchev–Trinajstić information content (AvgIpc) is 2.51. The summed E-state index contributed by atoms with van der Waals surface area (Å²) in [5.41, 5.74) is 2.67. The molecule has 3 heteroatoms. The molecule has 0 fully saturated rings. The molecule has 0 aromatic heterocycles. The number of para-hydroxylation sites is 1. The van der Waals surface area contributed by atoms with Gasteiger partial charge in [-0.2, -0.15) is 0 Å². The first-order valence-corrected chi connectivity index (χ1v) is 9.22. The van der Waals surface area contributed by atoms with E-state index in [0.717, 1.165) is 17.7 Å². The fraction of sp³-hybridized carbons (Fsp3) is 0.409. The summed E-state index contributed by atoms with van der Waals surface area (Å²) in [6.07, 6.45) is 0.800. The smallest absolute Gasteiger partial charge is 0.170 e. The van der Waals surface area contributed by atoms with Gasteiger partial charge in [-0.15, -0.1) is 0 Å². The van der Waals surface area contributed by atoms with Crippen molar-refractivity contribution in [1.82, 2.24) is 0 Å². The predicted molar refractivity (Wildman–Crippen MR) is 108 cm³/mol.